The maximum absolute atomic E-state index is 4.33. The lowest BCUT2D eigenvalue weighted by Gasteiger charge is -2.22. The number of hydrogen-bond donors (Lipinski definition) is 2. The Bertz CT molecular complexity index is 2400. The van der Waals surface area contributed by atoms with Crippen LogP contribution in [-0.2, 0) is 0 Å². The highest BCUT2D eigenvalue weighted by Crippen LogP contribution is 2.40. The standard InChI is InChI=1S/C41H30N4/c1-2-9-33-28(6-1)7-3-12-39(33)45-40-25-29(27-19-22-42-23-20-27)13-17-35(40)36-18-14-30-24-31(15-16-34(30)41(36)45)37-10-4-11-38(44-37)32-8-5-21-43-26-32/h1-22,24-26,38,42,44H,23H2/p+1. The molecule has 4 heteroatoms. The van der Waals surface area contributed by atoms with Crippen molar-refractivity contribution in [1.29, 1.82) is 0 Å². The summed E-state index contributed by atoms with van der Waals surface area (Å²) in [6, 6.07) is 38.0. The molecule has 1 atom stereocenters. The first-order valence-electron chi connectivity index (χ1n) is 15.6. The van der Waals surface area contributed by atoms with Gasteiger partial charge < -0.3 is 15.2 Å². The van der Waals surface area contributed by atoms with Crippen molar-refractivity contribution in [2.75, 3.05) is 6.54 Å². The van der Waals surface area contributed by atoms with E-state index in [1.165, 1.54) is 65.7 Å². The molecule has 0 fully saturated rings. The van der Waals surface area contributed by atoms with Gasteiger partial charge in [0.25, 0.3) is 0 Å². The number of nitrogens with one attached hydrogen (secondary N) is 1. The lowest BCUT2D eigenvalue weighted by Crippen LogP contribution is -2.78. The van der Waals surface area contributed by atoms with Crippen molar-refractivity contribution < 1.29 is 5.32 Å². The quantitative estimate of drug-likeness (QED) is 0.221. The van der Waals surface area contributed by atoms with Gasteiger partial charge in [0.1, 0.15) is 0 Å². The molecule has 0 saturated heterocycles. The van der Waals surface area contributed by atoms with E-state index in [4.69, 9.17) is 0 Å². The molecule has 0 amide bonds. The summed E-state index contributed by atoms with van der Waals surface area (Å²) in [4.78, 5) is 4.33. The Kier molecular flexibility index (Phi) is 6.00. The van der Waals surface area contributed by atoms with E-state index >= 15 is 0 Å². The minimum atomic E-state index is 0.0898. The molecule has 9 rings (SSSR count). The molecule has 2 aromatic heterocycles. The zero-order valence-electron chi connectivity index (χ0n) is 24.7. The van der Waals surface area contributed by atoms with Crippen LogP contribution in [0.3, 0.4) is 0 Å². The molecular weight excluding hydrogens is 548 g/mol. The molecule has 0 aliphatic carbocycles. The fourth-order valence-electron chi connectivity index (χ4n) is 7.03. The largest absolute Gasteiger partial charge is 0.374 e. The van der Waals surface area contributed by atoms with Crippen LogP contribution in [0.4, 0.5) is 0 Å². The molecule has 5 aromatic carbocycles. The van der Waals surface area contributed by atoms with E-state index in [0.717, 1.165) is 17.8 Å². The van der Waals surface area contributed by atoms with E-state index in [-0.39, 0.29) is 6.04 Å². The van der Waals surface area contributed by atoms with Crippen LogP contribution in [0.1, 0.15) is 22.7 Å². The Balaban J connectivity index is 1.27. The third-order valence-electron chi connectivity index (χ3n) is 9.20. The molecule has 2 aliphatic heterocycles. The second-order valence-electron chi connectivity index (χ2n) is 11.8. The molecule has 1 unspecified atom stereocenters. The van der Waals surface area contributed by atoms with E-state index in [9.17, 15) is 0 Å². The van der Waals surface area contributed by atoms with Gasteiger partial charge in [-0.25, -0.2) is 0 Å². The second kappa shape index (κ2) is 10.5. The number of nitrogens with two attached hydrogens (primary N) is 1. The van der Waals surface area contributed by atoms with Crippen molar-refractivity contribution in [3.05, 3.63) is 169 Å². The van der Waals surface area contributed by atoms with E-state index < -0.39 is 0 Å². The summed E-state index contributed by atoms with van der Waals surface area (Å²) >= 11 is 0. The molecule has 7 aromatic rings. The normalized spacial score (nSPS) is 16.3. The molecule has 2 aliphatic rings. The highest BCUT2D eigenvalue weighted by molar-refractivity contribution is 6.20. The van der Waals surface area contributed by atoms with Gasteiger partial charge in [0.2, 0.25) is 0 Å². The number of nitrogens with zero attached hydrogens (tertiary/aromatic N) is 2. The smallest absolute Gasteiger partial charge is 0.0993 e. The molecule has 4 heterocycles. The predicted octanol–water partition coefficient (Wildman–Crippen LogP) is 8.20. The number of rotatable bonds is 4. The fourth-order valence-corrected chi connectivity index (χ4v) is 7.03. The van der Waals surface area contributed by atoms with Gasteiger partial charge in [-0.15, -0.1) is 0 Å². The fraction of sp³-hybridized carbons (Fsp3) is 0.0488. The van der Waals surface area contributed by atoms with E-state index in [1.807, 2.05) is 18.5 Å². The van der Waals surface area contributed by atoms with Crippen LogP contribution in [0.2, 0.25) is 0 Å². The Labute approximate surface area is 261 Å². The van der Waals surface area contributed by atoms with Crippen LogP contribution in [0, 0.1) is 0 Å². The van der Waals surface area contributed by atoms with Crippen molar-refractivity contribution in [3.8, 4) is 5.69 Å². The highest BCUT2D eigenvalue weighted by atomic mass is 15.0. The molecular formula is C41H31N4+. The summed E-state index contributed by atoms with van der Waals surface area (Å²) < 4.78 is 2.50. The SMILES string of the molecule is C1=CC(c2cccnc2)NC(c2ccc3c(ccc4c5ccc(C6=CC[NH2+]C=C6)cc5n(-c5cccc6ccccc56)c34)c2)=C1. The first-order valence-corrected chi connectivity index (χ1v) is 15.6. The first kappa shape index (κ1) is 25.8. The third kappa shape index (κ3) is 4.30. The second-order valence-corrected chi connectivity index (χ2v) is 11.8. The number of benzene rings is 5. The maximum atomic E-state index is 4.33. The van der Waals surface area contributed by atoms with Gasteiger partial charge >= 0.3 is 0 Å². The summed E-state index contributed by atoms with van der Waals surface area (Å²) in [5.74, 6) is 0. The summed E-state index contributed by atoms with van der Waals surface area (Å²) in [7, 11) is 0. The molecule has 0 saturated carbocycles. The topological polar surface area (TPSA) is 46.5 Å². The van der Waals surface area contributed by atoms with E-state index in [1.54, 1.807) is 0 Å². The average molecular weight is 580 g/mol. The number of allylic oxidation sites excluding steroid dienone is 4. The van der Waals surface area contributed by atoms with Gasteiger partial charge in [-0.2, -0.15) is 0 Å². The van der Waals surface area contributed by atoms with E-state index in [0.29, 0.717) is 0 Å². The summed E-state index contributed by atoms with van der Waals surface area (Å²) in [6.07, 6.45) is 16.9. The van der Waals surface area contributed by atoms with Gasteiger partial charge in [0.05, 0.1) is 35.5 Å². The lowest BCUT2D eigenvalue weighted by atomic mass is 9.98. The number of fused-ring (bicyclic) bond motifs is 6. The van der Waals surface area contributed by atoms with Crippen LogP contribution >= 0.6 is 0 Å². The van der Waals surface area contributed by atoms with Gasteiger partial charge in [-0.3, -0.25) is 4.98 Å². The van der Waals surface area contributed by atoms with E-state index in [2.05, 4.69) is 154 Å². The van der Waals surface area contributed by atoms with Crippen molar-refractivity contribution in [2.24, 2.45) is 0 Å². The van der Waals surface area contributed by atoms with Crippen LogP contribution in [0.15, 0.2) is 152 Å². The first-order chi connectivity index (χ1) is 22.3. The van der Waals surface area contributed by atoms with Crippen molar-refractivity contribution in [2.45, 2.75) is 6.04 Å². The van der Waals surface area contributed by atoms with Gasteiger partial charge in [-0.05, 0) is 75.5 Å². The van der Waals surface area contributed by atoms with Crippen LogP contribution in [0.5, 0.6) is 0 Å². The number of hydrogen-bond acceptors (Lipinski definition) is 2. The van der Waals surface area contributed by atoms with Crippen LogP contribution in [0.25, 0.3) is 60.3 Å². The van der Waals surface area contributed by atoms with Gasteiger partial charge in [0.15, 0.2) is 0 Å². The molecule has 214 valence electrons. The molecule has 45 heavy (non-hydrogen) atoms. The Morgan fingerprint density at radius 2 is 1.64 bits per heavy atom. The molecule has 0 bridgehead atoms. The Morgan fingerprint density at radius 1 is 0.756 bits per heavy atom. The highest BCUT2D eigenvalue weighted by Gasteiger charge is 2.19. The number of dihydropyridines is 1. The lowest BCUT2D eigenvalue weighted by molar-refractivity contribution is -0.578. The Hall–Kier alpha value is -5.71. The predicted molar refractivity (Wildman–Crippen MR) is 187 cm³/mol. The minimum absolute atomic E-state index is 0.0898. The van der Waals surface area contributed by atoms with Gasteiger partial charge in [-0.1, -0.05) is 91.0 Å². The van der Waals surface area contributed by atoms with Crippen molar-refractivity contribution >= 4 is 54.6 Å². The average Bonchev–Trinajstić information content (AvgIpc) is 3.46. The molecule has 0 spiro atoms. The summed E-state index contributed by atoms with van der Waals surface area (Å²) in [5.41, 5.74) is 9.61. The van der Waals surface area contributed by atoms with Crippen LogP contribution in [-0.4, -0.2) is 16.1 Å². The zero-order chi connectivity index (χ0) is 29.7. The van der Waals surface area contributed by atoms with Crippen molar-refractivity contribution in [3.63, 3.8) is 0 Å². The maximum Gasteiger partial charge on any atom is 0.0993 e. The summed E-state index contributed by atoms with van der Waals surface area (Å²) in [6.45, 7) is 0.965. The molecule has 0 radical (unpaired) electrons. The third-order valence-corrected chi connectivity index (χ3v) is 9.20. The van der Waals surface area contributed by atoms with Crippen molar-refractivity contribution in [1.82, 2.24) is 14.9 Å². The molecule has 4 nitrogen and oxygen atoms in total. The van der Waals surface area contributed by atoms with Crippen LogP contribution < -0.4 is 10.6 Å². The Morgan fingerprint density at radius 3 is 2.56 bits per heavy atom. The monoisotopic (exact) mass is 579 g/mol. The number of quaternary nitrogens is 1. The van der Waals surface area contributed by atoms with Gasteiger partial charge in [0, 0.05) is 39.6 Å². The number of aromatic nitrogens is 2. The number of pyridine rings is 1. The summed E-state index contributed by atoms with van der Waals surface area (Å²) in [5, 5.41) is 13.4. The molecule has 3 N–H and O–H groups in total. The minimum Gasteiger partial charge on any atom is -0.374 e. The zero-order valence-corrected chi connectivity index (χ0v) is 24.7.